The van der Waals surface area contributed by atoms with Gasteiger partial charge >= 0.3 is 0 Å². The normalized spacial score (nSPS) is 10.1. The van der Waals surface area contributed by atoms with Crippen molar-refractivity contribution in [2.24, 2.45) is 0 Å². The minimum absolute atomic E-state index is 0.243. The largest absolute Gasteiger partial charge is 0.396 e. The summed E-state index contributed by atoms with van der Waals surface area (Å²) in [5.41, 5.74) is 6.50. The van der Waals surface area contributed by atoms with Crippen molar-refractivity contribution in [1.82, 2.24) is 5.32 Å². The van der Waals surface area contributed by atoms with E-state index in [0.717, 1.165) is 12.8 Å². The molecule has 0 unspecified atom stereocenters. The zero-order valence-corrected chi connectivity index (χ0v) is 12.6. The highest BCUT2D eigenvalue weighted by Gasteiger charge is 2.21. The highest BCUT2D eigenvalue weighted by Crippen LogP contribution is 2.35. The minimum atomic E-state index is -0.276. The number of thiophene rings is 1. The molecule has 1 aromatic rings. The van der Waals surface area contributed by atoms with Crippen LogP contribution in [0.3, 0.4) is 0 Å². The van der Waals surface area contributed by atoms with E-state index in [0.29, 0.717) is 22.0 Å². The molecule has 1 amide bonds. The summed E-state index contributed by atoms with van der Waals surface area (Å²) in [5, 5.41) is 15.8. The molecule has 1 heterocycles. The maximum absolute atomic E-state index is 12.0. The van der Waals surface area contributed by atoms with Crippen molar-refractivity contribution in [3.05, 3.63) is 23.1 Å². The van der Waals surface area contributed by atoms with E-state index in [4.69, 9.17) is 5.73 Å². The second-order valence-corrected chi connectivity index (χ2v) is 5.34. The first kappa shape index (κ1) is 16.1. The molecule has 0 aliphatic rings. The summed E-state index contributed by atoms with van der Waals surface area (Å²) in [6.07, 6.45) is 3.48. The van der Waals surface area contributed by atoms with Crippen LogP contribution >= 0.6 is 11.3 Å². The van der Waals surface area contributed by atoms with Gasteiger partial charge in [0.05, 0.1) is 5.69 Å². The maximum Gasteiger partial charge on any atom is 0.263 e. The molecule has 0 bridgehead atoms. The van der Waals surface area contributed by atoms with Crippen LogP contribution in [-0.2, 0) is 0 Å². The Morgan fingerprint density at radius 2 is 2.20 bits per heavy atom. The predicted octanol–water partition coefficient (Wildman–Crippen LogP) is 2.72. The lowest BCUT2D eigenvalue weighted by Crippen LogP contribution is -2.23. The molecule has 0 saturated carbocycles. The van der Waals surface area contributed by atoms with Gasteiger partial charge in [-0.3, -0.25) is 4.79 Å². The van der Waals surface area contributed by atoms with Gasteiger partial charge in [0.15, 0.2) is 0 Å². The number of rotatable bonds is 7. The van der Waals surface area contributed by atoms with Gasteiger partial charge in [0.1, 0.15) is 21.5 Å². The average molecular weight is 292 g/mol. The van der Waals surface area contributed by atoms with E-state index in [1.54, 1.807) is 6.08 Å². The zero-order valence-electron chi connectivity index (χ0n) is 11.8. The van der Waals surface area contributed by atoms with E-state index in [1.165, 1.54) is 11.3 Å². The number of carbonyl (C=O) groups is 1. The standard InChI is InChI=1S/C14H20N4OS/c1-4-7-17-13(19)12-11(16)10(8-15)14(20-12)18-9(5-2)6-3/h4,9,18H,1,5-7,16H2,2-3H3,(H,17,19). The first-order valence-electron chi connectivity index (χ1n) is 6.56. The Bertz CT molecular complexity index is 526. The van der Waals surface area contributed by atoms with Crippen LogP contribution in [0.15, 0.2) is 12.7 Å². The van der Waals surface area contributed by atoms with Gasteiger partial charge in [-0.25, -0.2) is 0 Å². The summed E-state index contributed by atoms with van der Waals surface area (Å²) < 4.78 is 0. The summed E-state index contributed by atoms with van der Waals surface area (Å²) in [6, 6.07) is 2.34. The molecule has 108 valence electrons. The van der Waals surface area contributed by atoms with Gasteiger partial charge in [-0.1, -0.05) is 19.9 Å². The summed E-state index contributed by atoms with van der Waals surface area (Å²) in [5.74, 6) is -0.276. The minimum Gasteiger partial charge on any atom is -0.396 e. The van der Waals surface area contributed by atoms with Crippen LogP contribution in [0.2, 0.25) is 0 Å². The lowest BCUT2D eigenvalue weighted by atomic mass is 10.1. The van der Waals surface area contributed by atoms with Crippen LogP contribution in [0.25, 0.3) is 0 Å². The predicted molar refractivity (Wildman–Crippen MR) is 84.0 cm³/mol. The molecular formula is C14H20N4OS. The first-order valence-corrected chi connectivity index (χ1v) is 7.38. The summed E-state index contributed by atoms with van der Waals surface area (Å²) in [6.45, 7) is 8.05. The second kappa shape index (κ2) is 7.56. The third-order valence-electron chi connectivity index (χ3n) is 2.99. The number of nitrogen functional groups attached to an aromatic ring is 1. The summed E-state index contributed by atoms with van der Waals surface area (Å²) in [4.78, 5) is 12.3. The van der Waals surface area contributed by atoms with Crippen LogP contribution < -0.4 is 16.4 Å². The zero-order chi connectivity index (χ0) is 15.1. The fourth-order valence-electron chi connectivity index (χ4n) is 1.75. The summed E-state index contributed by atoms with van der Waals surface area (Å²) >= 11 is 1.22. The van der Waals surface area contributed by atoms with Crippen molar-refractivity contribution in [1.29, 1.82) is 5.26 Å². The molecule has 0 aromatic carbocycles. The molecule has 0 radical (unpaired) electrons. The highest BCUT2D eigenvalue weighted by molar-refractivity contribution is 7.18. The first-order chi connectivity index (χ1) is 9.58. The Morgan fingerprint density at radius 3 is 2.70 bits per heavy atom. The smallest absolute Gasteiger partial charge is 0.263 e. The lowest BCUT2D eigenvalue weighted by molar-refractivity contribution is 0.0963. The van der Waals surface area contributed by atoms with E-state index in [9.17, 15) is 10.1 Å². The van der Waals surface area contributed by atoms with Crippen molar-refractivity contribution in [3.8, 4) is 6.07 Å². The molecule has 1 rings (SSSR count). The van der Waals surface area contributed by atoms with Gasteiger partial charge in [0.25, 0.3) is 5.91 Å². The Hall–Kier alpha value is -2.00. The number of hydrogen-bond acceptors (Lipinski definition) is 5. The molecule has 0 aliphatic carbocycles. The van der Waals surface area contributed by atoms with Crippen molar-refractivity contribution in [3.63, 3.8) is 0 Å². The van der Waals surface area contributed by atoms with E-state index in [1.807, 2.05) is 0 Å². The number of nitrogens with two attached hydrogens (primary N) is 1. The number of anilines is 2. The molecule has 0 aliphatic heterocycles. The number of amides is 1. The third-order valence-corrected chi connectivity index (χ3v) is 4.13. The molecule has 4 N–H and O–H groups in total. The fraction of sp³-hybridized carbons (Fsp3) is 0.429. The van der Waals surface area contributed by atoms with Gasteiger partial charge in [0.2, 0.25) is 0 Å². The van der Waals surface area contributed by atoms with Gasteiger partial charge in [0, 0.05) is 12.6 Å². The van der Waals surface area contributed by atoms with Crippen LogP contribution in [-0.4, -0.2) is 18.5 Å². The molecule has 0 saturated heterocycles. The van der Waals surface area contributed by atoms with Gasteiger partial charge < -0.3 is 16.4 Å². The number of hydrogen-bond donors (Lipinski definition) is 3. The Morgan fingerprint density at radius 1 is 1.55 bits per heavy atom. The van der Waals surface area contributed by atoms with Gasteiger partial charge in [-0.05, 0) is 12.8 Å². The topological polar surface area (TPSA) is 90.9 Å². The van der Waals surface area contributed by atoms with Gasteiger partial charge in [-0.2, -0.15) is 5.26 Å². The fourth-order valence-corrected chi connectivity index (χ4v) is 2.81. The Labute approximate surface area is 123 Å². The molecule has 1 aromatic heterocycles. The molecule has 0 atom stereocenters. The van der Waals surface area contributed by atoms with Crippen molar-refractivity contribution in [2.45, 2.75) is 32.7 Å². The molecule has 5 nitrogen and oxygen atoms in total. The monoisotopic (exact) mass is 292 g/mol. The quantitative estimate of drug-likeness (QED) is 0.674. The molecule has 0 fully saturated rings. The van der Waals surface area contributed by atoms with Crippen molar-refractivity contribution >= 4 is 27.9 Å². The van der Waals surface area contributed by atoms with Crippen molar-refractivity contribution < 1.29 is 4.79 Å². The Balaban J connectivity index is 3.05. The van der Waals surface area contributed by atoms with E-state index < -0.39 is 0 Å². The molecule has 20 heavy (non-hydrogen) atoms. The van der Waals surface area contributed by atoms with E-state index in [-0.39, 0.29) is 17.6 Å². The molecule has 6 heteroatoms. The van der Waals surface area contributed by atoms with Crippen LogP contribution in [0.1, 0.15) is 41.9 Å². The number of carbonyl (C=O) groups excluding carboxylic acids is 1. The SMILES string of the molecule is C=CCNC(=O)c1sc(NC(CC)CC)c(C#N)c1N. The third kappa shape index (κ3) is 3.52. The number of nitrogens with zero attached hydrogens (tertiary/aromatic N) is 1. The number of nitriles is 1. The molecule has 0 spiro atoms. The average Bonchev–Trinajstić information content (AvgIpc) is 2.77. The van der Waals surface area contributed by atoms with E-state index >= 15 is 0 Å². The summed E-state index contributed by atoms with van der Waals surface area (Å²) in [7, 11) is 0. The lowest BCUT2D eigenvalue weighted by Gasteiger charge is -2.14. The Kier molecular flexibility index (Phi) is 6.07. The molecular weight excluding hydrogens is 272 g/mol. The van der Waals surface area contributed by atoms with Crippen LogP contribution in [0, 0.1) is 11.3 Å². The van der Waals surface area contributed by atoms with E-state index in [2.05, 4.69) is 37.1 Å². The van der Waals surface area contributed by atoms with Crippen molar-refractivity contribution in [2.75, 3.05) is 17.6 Å². The number of nitrogens with one attached hydrogen (secondary N) is 2. The van der Waals surface area contributed by atoms with Gasteiger partial charge in [-0.15, -0.1) is 17.9 Å². The van der Waals surface area contributed by atoms with Crippen LogP contribution in [0.5, 0.6) is 0 Å². The maximum atomic E-state index is 12.0. The van der Waals surface area contributed by atoms with Crippen LogP contribution in [0.4, 0.5) is 10.7 Å². The highest BCUT2D eigenvalue weighted by atomic mass is 32.1. The second-order valence-electron chi connectivity index (χ2n) is 4.32.